The van der Waals surface area contributed by atoms with E-state index in [9.17, 15) is 4.79 Å². The highest BCUT2D eigenvalue weighted by molar-refractivity contribution is 7.09. The van der Waals surface area contributed by atoms with Crippen molar-refractivity contribution in [3.8, 4) is 0 Å². The monoisotopic (exact) mass is 309 g/mol. The van der Waals surface area contributed by atoms with Crippen LogP contribution in [0.25, 0.3) is 0 Å². The molecule has 1 heterocycles. The fourth-order valence-corrected chi connectivity index (χ4v) is 2.80. The number of carbonyl (C=O) groups excluding carboxylic acids is 1. The number of carbonyl (C=O) groups is 1. The number of ketones is 1. The molecule has 0 N–H and O–H groups in total. The summed E-state index contributed by atoms with van der Waals surface area (Å²) in [7, 11) is 0. The summed E-state index contributed by atoms with van der Waals surface area (Å²) >= 11 is 7.50. The maximum absolute atomic E-state index is 12.2. The molecular formula is C15H16ClNO2S. The van der Waals surface area contributed by atoms with Crippen molar-refractivity contribution in [3.63, 3.8) is 0 Å². The van der Waals surface area contributed by atoms with E-state index in [1.54, 1.807) is 42.5 Å². The lowest BCUT2D eigenvalue weighted by atomic mass is 10.1. The Morgan fingerprint density at radius 3 is 2.95 bits per heavy atom. The average molecular weight is 310 g/mol. The predicted molar refractivity (Wildman–Crippen MR) is 81.8 cm³/mol. The third-order valence-corrected chi connectivity index (χ3v) is 4.25. The molecule has 0 amide bonds. The van der Waals surface area contributed by atoms with Crippen LogP contribution in [-0.2, 0) is 11.2 Å². The second-order valence-electron chi connectivity index (χ2n) is 4.50. The number of aromatic nitrogens is 1. The zero-order valence-electron chi connectivity index (χ0n) is 11.4. The highest BCUT2D eigenvalue weighted by atomic mass is 35.5. The number of halogens is 1. The van der Waals surface area contributed by atoms with E-state index in [1.807, 2.05) is 12.4 Å². The van der Waals surface area contributed by atoms with Gasteiger partial charge in [-0.15, -0.1) is 11.3 Å². The second-order valence-corrected chi connectivity index (χ2v) is 5.87. The molecule has 1 unspecified atom stereocenters. The van der Waals surface area contributed by atoms with Gasteiger partial charge >= 0.3 is 0 Å². The molecule has 0 saturated heterocycles. The number of nitrogens with zero attached hydrogens (tertiary/aromatic N) is 1. The Bertz CT molecular complexity index is 597. The van der Waals surface area contributed by atoms with Crippen molar-refractivity contribution in [2.45, 2.75) is 26.4 Å². The molecule has 2 aromatic rings. The van der Waals surface area contributed by atoms with Gasteiger partial charge in [-0.2, -0.15) is 0 Å². The fourth-order valence-electron chi connectivity index (χ4n) is 1.85. The van der Waals surface area contributed by atoms with Gasteiger partial charge in [0.25, 0.3) is 0 Å². The summed E-state index contributed by atoms with van der Waals surface area (Å²) in [4.78, 5) is 17.6. The van der Waals surface area contributed by atoms with Gasteiger partial charge < -0.3 is 4.74 Å². The molecular weight excluding hydrogens is 294 g/mol. The number of Topliss-reactive ketones (excluding diaryl/α,β-unsaturated/α-hetero) is 1. The summed E-state index contributed by atoms with van der Waals surface area (Å²) in [5.41, 5.74) is 3.44. The first-order valence-electron chi connectivity index (χ1n) is 6.38. The number of benzene rings is 1. The molecule has 0 bridgehead atoms. The van der Waals surface area contributed by atoms with Crippen molar-refractivity contribution in [1.82, 2.24) is 4.98 Å². The van der Waals surface area contributed by atoms with Crippen LogP contribution in [0.15, 0.2) is 29.8 Å². The van der Waals surface area contributed by atoms with Crippen molar-refractivity contribution < 1.29 is 9.53 Å². The Kier molecular flexibility index (Phi) is 5.29. The first kappa shape index (κ1) is 15.2. The molecule has 2 rings (SSSR count). The van der Waals surface area contributed by atoms with Crippen molar-refractivity contribution in [1.29, 1.82) is 0 Å². The Morgan fingerprint density at radius 2 is 2.30 bits per heavy atom. The first-order chi connectivity index (χ1) is 9.58. The van der Waals surface area contributed by atoms with Crippen molar-refractivity contribution in [3.05, 3.63) is 50.9 Å². The van der Waals surface area contributed by atoms with Crippen LogP contribution >= 0.6 is 22.9 Å². The topological polar surface area (TPSA) is 39.2 Å². The Hall–Kier alpha value is -1.23. The molecule has 1 aromatic heterocycles. The van der Waals surface area contributed by atoms with E-state index in [1.165, 1.54) is 4.88 Å². The third-order valence-electron chi connectivity index (χ3n) is 3.02. The van der Waals surface area contributed by atoms with Gasteiger partial charge in [-0.1, -0.05) is 23.7 Å². The summed E-state index contributed by atoms with van der Waals surface area (Å²) in [6, 6.07) is 6.93. The lowest BCUT2D eigenvalue weighted by molar-refractivity contribution is 0.0488. The maximum Gasteiger partial charge on any atom is 0.191 e. The van der Waals surface area contributed by atoms with Gasteiger partial charge in [0.15, 0.2) is 5.78 Å². The largest absolute Gasteiger partial charge is 0.370 e. The SMILES string of the molecule is Cc1ncsc1CCOC(C)C(=O)c1cccc(Cl)c1. The van der Waals surface area contributed by atoms with E-state index in [4.69, 9.17) is 16.3 Å². The minimum absolute atomic E-state index is 0.0477. The minimum atomic E-state index is -0.471. The summed E-state index contributed by atoms with van der Waals surface area (Å²) in [6.07, 6.45) is 0.311. The van der Waals surface area contributed by atoms with Gasteiger partial charge in [0, 0.05) is 21.9 Å². The fraction of sp³-hybridized carbons (Fsp3) is 0.333. The van der Waals surface area contributed by atoms with Crippen LogP contribution in [0.4, 0.5) is 0 Å². The van der Waals surface area contributed by atoms with E-state index in [0.29, 0.717) is 17.2 Å². The molecule has 0 aliphatic rings. The average Bonchev–Trinajstić information content (AvgIpc) is 2.83. The third kappa shape index (κ3) is 3.88. The number of rotatable bonds is 6. The molecule has 106 valence electrons. The number of hydrogen-bond acceptors (Lipinski definition) is 4. The zero-order valence-corrected chi connectivity index (χ0v) is 13.0. The Labute approximate surface area is 127 Å². The van der Waals surface area contributed by atoms with Gasteiger partial charge in [-0.05, 0) is 26.0 Å². The van der Waals surface area contributed by atoms with Gasteiger partial charge in [-0.3, -0.25) is 4.79 Å². The maximum atomic E-state index is 12.2. The van der Waals surface area contributed by atoms with Crippen LogP contribution in [0.1, 0.15) is 27.9 Å². The van der Waals surface area contributed by atoms with Gasteiger partial charge in [0.05, 0.1) is 17.8 Å². The zero-order chi connectivity index (χ0) is 14.5. The van der Waals surface area contributed by atoms with Gasteiger partial charge in [0.1, 0.15) is 6.10 Å². The number of hydrogen-bond donors (Lipinski definition) is 0. The van der Waals surface area contributed by atoms with Crippen LogP contribution in [0.3, 0.4) is 0 Å². The van der Waals surface area contributed by atoms with E-state index in [-0.39, 0.29) is 5.78 Å². The molecule has 5 heteroatoms. The lowest BCUT2D eigenvalue weighted by Crippen LogP contribution is -2.22. The number of thiazole rings is 1. The summed E-state index contributed by atoms with van der Waals surface area (Å²) in [5.74, 6) is -0.0477. The summed E-state index contributed by atoms with van der Waals surface area (Å²) in [5, 5.41) is 0.559. The van der Waals surface area contributed by atoms with Crippen molar-refractivity contribution >= 4 is 28.7 Å². The molecule has 0 radical (unpaired) electrons. The molecule has 0 fully saturated rings. The van der Waals surface area contributed by atoms with Gasteiger partial charge in [0.2, 0.25) is 0 Å². The van der Waals surface area contributed by atoms with Crippen LogP contribution < -0.4 is 0 Å². The quantitative estimate of drug-likeness (QED) is 0.759. The summed E-state index contributed by atoms with van der Waals surface area (Å²) in [6.45, 7) is 4.26. The molecule has 20 heavy (non-hydrogen) atoms. The van der Waals surface area contributed by atoms with E-state index >= 15 is 0 Å². The van der Waals surface area contributed by atoms with Crippen LogP contribution in [0.5, 0.6) is 0 Å². The first-order valence-corrected chi connectivity index (χ1v) is 7.64. The highest BCUT2D eigenvalue weighted by Crippen LogP contribution is 2.15. The smallest absolute Gasteiger partial charge is 0.191 e. The molecule has 3 nitrogen and oxygen atoms in total. The molecule has 1 aromatic carbocycles. The number of aryl methyl sites for hydroxylation is 1. The summed E-state index contributed by atoms with van der Waals surface area (Å²) < 4.78 is 5.61. The molecule has 0 saturated carbocycles. The molecule has 0 aliphatic carbocycles. The molecule has 0 spiro atoms. The molecule has 1 atom stereocenters. The predicted octanol–water partition coefficient (Wildman–Crippen LogP) is 3.94. The van der Waals surface area contributed by atoms with E-state index < -0.39 is 6.10 Å². The van der Waals surface area contributed by atoms with Crippen molar-refractivity contribution in [2.75, 3.05) is 6.61 Å². The van der Waals surface area contributed by atoms with E-state index in [0.717, 1.165) is 12.1 Å². The lowest BCUT2D eigenvalue weighted by Gasteiger charge is -2.12. The van der Waals surface area contributed by atoms with Gasteiger partial charge in [-0.25, -0.2) is 4.98 Å². The number of ether oxygens (including phenoxy) is 1. The van der Waals surface area contributed by atoms with Crippen molar-refractivity contribution in [2.24, 2.45) is 0 Å². The normalized spacial score (nSPS) is 12.3. The molecule has 0 aliphatic heterocycles. The Morgan fingerprint density at radius 1 is 1.50 bits per heavy atom. The minimum Gasteiger partial charge on any atom is -0.370 e. The van der Waals surface area contributed by atoms with Crippen LogP contribution in [0, 0.1) is 6.92 Å². The Balaban J connectivity index is 1.87. The highest BCUT2D eigenvalue weighted by Gasteiger charge is 2.16. The second kappa shape index (κ2) is 6.97. The standard InChI is InChI=1S/C15H16ClNO2S/c1-10-14(20-9-17-10)6-7-19-11(2)15(18)12-4-3-5-13(16)8-12/h3-5,8-9,11H,6-7H2,1-2H3. The van der Waals surface area contributed by atoms with E-state index in [2.05, 4.69) is 4.98 Å². The van der Waals surface area contributed by atoms with Crippen LogP contribution in [0.2, 0.25) is 5.02 Å². The van der Waals surface area contributed by atoms with Crippen LogP contribution in [-0.4, -0.2) is 23.5 Å².